The van der Waals surface area contributed by atoms with E-state index < -0.39 is 15.9 Å². The SMILES string of the molecule is CCCS(=O)(=O)Nc1ccc(NC(=O)c2cc3ccccc3c(=O)[nH]2)cc1. The van der Waals surface area contributed by atoms with Crippen LogP contribution >= 0.6 is 0 Å². The standard InChI is InChI=1S/C19H19N3O4S/c1-2-11-27(25,26)22-15-9-7-14(8-10-15)20-19(24)17-12-13-5-3-4-6-16(13)18(23)21-17/h3-10,12,22H,2,11H2,1H3,(H,20,24)(H,21,23). The second kappa shape index (κ2) is 7.63. The number of pyridine rings is 1. The molecule has 0 aliphatic rings. The van der Waals surface area contributed by atoms with Crippen molar-refractivity contribution in [2.24, 2.45) is 0 Å². The smallest absolute Gasteiger partial charge is 0.272 e. The zero-order valence-corrected chi connectivity index (χ0v) is 15.5. The number of amides is 1. The summed E-state index contributed by atoms with van der Waals surface area (Å²) < 4.78 is 26.0. The highest BCUT2D eigenvalue weighted by Gasteiger charge is 2.11. The van der Waals surface area contributed by atoms with Gasteiger partial charge in [-0.2, -0.15) is 0 Å². The molecule has 7 nitrogen and oxygen atoms in total. The third-order valence-corrected chi connectivity index (χ3v) is 5.38. The summed E-state index contributed by atoms with van der Waals surface area (Å²) in [6.07, 6.45) is 0.521. The van der Waals surface area contributed by atoms with Crippen molar-refractivity contribution in [2.45, 2.75) is 13.3 Å². The number of fused-ring (bicyclic) bond motifs is 1. The van der Waals surface area contributed by atoms with E-state index in [1.807, 2.05) is 0 Å². The van der Waals surface area contributed by atoms with Gasteiger partial charge in [0.05, 0.1) is 5.75 Å². The fourth-order valence-electron chi connectivity index (χ4n) is 2.65. The fourth-order valence-corrected chi connectivity index (χ4v) is 3.79. The van der Waals surface area contributed by atoms with E-state index in [9.17, 15) is 18.0 Å². The molecule has 0 atom stereocenters. The molecule has 140 valence electrons. The summed E-state index contributed by atoms with van der Waals surface area (Å²) in [6.45, 7) is 1.79. The highest BCUT2D eigenvalue weighted by Crippen LogP contribution is 2.16. The molecule has 0 saturated carbocycles. The summed E-state index contributed by atoms with van der Waals surface area (Å²) in [5, 5.41) is 3.86. The predicted octanol–water partition coefficient (Wildman–Crippen LogP) is 2.93. The maximum atomic E-state index is 12.4. The lowest BCUT2D eigenvalue weighted by Crippen LogP contribution is -2.19. The average molecular weight is 385 g/mol. The number of benzene rings is 2. The monoisotopic (exact) mass is 385 g/mol. The molecule has 0 aliphatic heterocycles. The van der Waals surface area contributed by atoms with Crippen LogP contribution in [0.4, 0.5) is 11.4 Å². The molecule has 3 aromatic rings. The molecule has 8 heteroatoms. The number of anilines is 2. The Hall–Kier alpha value is -3.13. The maximum Gasteiger partial charge on any atom is 0.272 e. The van der Waals surface area contributed by atoms with Crippen molar-refractivity contribution in [3.63, 3.8) is 0 Å². The van der Waals surface area contributed by atoms with Crippen molar-refractivity contribution in [3.8, 4) is 0 Å². The number of carbonyl (C=O) groups is 1. The normalized spacial score (nSPS) is 11.3. The highest BCUT2D eigenvalue weighted by molar-refractivity contribution is 7.92. The van der Waals surface area contributed by atoms with Gasteiger partial charge in [0.15, 0.2) is 0 Å². The van der Waals surface area contributed by atoms with Crippen LogP contribution in [0.15, 0.2) is 59.4 Å². The number of nitrogens with one attached hydrogen (secondary N) is 3. The Morgan fingerprint density at radius 3 is 2.41 bits per heavy atom. The predicted molar refractivity (Wildman–Crippen MR) is 107 cm³/mol. The average Bonchev–Trinajstić information content (AvgIpc) is 2.63. The molecule has 0 bridgehead atoms. The Balaban J connectivity index is 1.76. The van der Waals surface area contributed by atoms with Gasteiger partial charge in [-0.25, -0.2) is 8.42 Å². The lowest BCUT2D eigenvalue weighted by molar-refractivity contribution is 0.102. The Kier molecular flexibility index (Phi) is 5.27. The van der Waals surface area contributed by atoms with E-state index in [0.29, 0.717) is 28.6 Å². The van der Waals surface area contributed by atoms with Gasteiger partial charge in [0.25, 0.3) is 11.5 Å². The minimum Gasteiger partial charge on any atom is -0.321 e. The Morgan fingerprint density at radius 2 is 1.70 bits per heavy atom. The van der Waals surface area contributed by atoms with Crippen molar-refractivity contribution in [3.05, 3.63) is 70.6 Å². The van der Waals surface area contributed by atoms with Crippen LogP contribution in [-0.4, -0.2) is 25.1 Å². The van der Waals surface area contributed by atoms with Gasteiger partial charge >= 0.3 is 0 Å². The molecule has 1 aromatic heterocycles. The first-order valence-corrected chi connectivity index (χ1v) is 10.1. The summed E-state index contributed by atoms with van der Waals surface area (Å²) in [6, 6.07) is 14.9. The molecule has 2 aromatic carbocycles. The first kappa shape index (κ1) is 18.7. The minimum absolute atomic E-state index is 0.0425. The van der Waals surface area contributed by atoms with Crippen molar-refractivity contribution in [1.29, 1.82) is 0 Å². The number of rotatable bonds is 6. The Bertz CT molecular complexity index is 1140. The maximum absolute atomic E-state index is 12.4. The summed E-state index contributed by atoms with van der Waals surface area (Å²) in [4.78, 5) is 27.1. The van der Waals surface area contributed by atoms with E-state index in [2.05, 4.69) is 15.0 Å². The molecule has 0 aliphatic carbocycles. The number of H-pyrrole nitrogens is 1. The van der Waals surface area contributed by atoms with E-state index in [4.69, 9.17) is 0 Å². The molecule has 0 spiro atoms. The van der Waals surface area contributed by atoms with Crippen LogP contribution in [0.5, 0.6) is 0 Å². The second-order valence-corrected chi connectivity index (χ2v) is 7.89. The molecule has 0 unspecified atom stereocenters. The molecule has 0 radical (unpaired) electrons. The first-order chi connectivity index (χ1) is 12.9. The lowest BCUT2D eigenvalue weighted by Gasteiger charge is -2.09. The zero-order chi connectivity index (χ0) is 19.4. The molecule has 1 amide bonds. The van der Waals surface area contributed by atoms with Gasteiger partial charge in [0.1, 0.15) is 5.69 Å². The topological polar surface area (TPSA) is 108 Å². The van der Waals surface area contributed by atoms with Crippen molar-refractivity contribution >= 4 is 38.1 Å². The third kappa shape index (κ3) is 4.53. The van der Waals surface area contributed by atoms with Crippen LogP contribution in [0.3, 0.4) is 0 Å². The molecule has 0 fully saturated rings. The van der Waals surface area contributed by atoms with E-state index in [0.717, 1.165) is 0 Å². The van der Waals surface area contributed by atoms with Crippen LogP contribution in [0.2, 0.25) is 0 Å². The fraction of sp³-hybridized carbons (Fsp3) is 0.158. The number of sulfonamides is 1. The molecular formula is C19H19N3O4S. The van der Waals surface area contributed by atoms with Gasteiger partial charge in [-0.05, 0) is 48.2 Å². The number of carbonyl (C=O) groups excluding carboxylic acids is 1. The third-order valence-electron chi connectivity index (χ3n) is 3.89. The molecule has 1 heterocycles. The van der Waals surface area contributed by atoms with Gasteiger partial charge in [-0.3, -0.25) is 14.3 Å². The summed E-state index contributed by atoms with van der Waals surface area (Å²) in [5.74, 6) is -0.418. The Labute approximate surface area is 156 Å². The van der Waals surface area contributed by atoms with Crippen molar-refractivity contribution in [1.82, 2.24) is 4.98 Å². The minimum atomic E-state index is -3.37. The summed E-state index contributed by atoms with van der Waals surface area (Å²) in [7, 11) is -3.37. The molecule has 3 N–H and O–H groups in total. The highest BCUT2D eigenvalue weighted by atomic mass is 32.2. The van der Waals surface area contributed by atoms with Crippen LogP contribution < -0.4 is 15.6 Å². The van der Waals surface area contributed by atoms with Crippen molar-refractivity contribution < 1.29 is 13.2 Å². The van der Waals surface area contributed by atoms with E-state index in [1.165, 1.54) is 0 Å². The van der Waals surface area contributed by atoms with E-state index in [1.54, 1.807) is 61.5 Å². The molecular weight excluding hydrogens is 366 g/mol. The first-order valence-electron chi connectivity index (χ1n) is 8.42. The number of aromatic nitrogens is 1. The summed E-state index contributed by atoms with van der Waals surface area (Å²) >= 11 is 0. The Morgan fingerprint density at radius 1 is 1.04 bits per heavy atom. The van der Waals surface area contributed by atoms with Crippen LogP contribution in [0, 0.1) is 0 Å². The lowest BCUT2D eigenvalue weighted by atomic mass is 10.1. The molecule has 0 saturated heterocycles. The van der Waals surface area contributed by atoms with Gasteiger partial charge in [0.2, 0.25) is 10.0 Å². The van der Waals surface area contributed by atoms with Crippen LogP contribution in [0.25, 0.3) is 10.8 Å². The van der Waals surface area contributed by atoms with Crippen molar-refractivity contribution in [2.75, 3.05) is 15.8 Å². The number of hydrogen-bond donors (Lipinski definition) is 3. The van der Waals surface area contributed by atoms with Gasteiger partial charge in [-0.1, -0.05) is 25.1 Å². The van der Waals surface area contributed by atoms with Gasteiger partial charge < -0.3 is 10.3 Å². The van der Waals surface area contributed by atoms with Gasteiger partial charge in [-0.15, -0.1) is 0 Å². The summed E-state index contributed by atoms with van der Waals surface area (Å²) in [5.41, 5.74) is 0.707. The van der Waals surface area contributed by atoms with E-state index in [-0.39, 0.29) is 17.0 Å². The number of hydrogen-bond acceptors (Lipinski definition) is 4. The van der Waals surface area contributed by atoms with Crippen LogP contribution in [0.1, 0.15) is 23.8 Å². The quantitative estimate of drug-likeness (QED) is 0.606. The largest absolute Gasteiger partial charge is 0.321 e. The van der Waals surface area contributed by atoms with E-state index >= 15 is 0 Å². The second-order valence-electron chi connectivity index (χ2n) is 6.05. The molecule has 3 rings (SSSR count). The zero-order valence-electron chi connectivity index (χ0n) is 14.7. The van der Waals surface area contributed by atoms with Crippen LogP contribution in [-0.2, 0) is 10.0 Å². The number of aromatic amines is 1. The molecule has 27 heavy (non-hydrogen) atoms. The van der Waals surface area contributed by atoms with Gasteiger partial charge in [0, 0.05) is 16.8 Å².